The lowest BCUT2D eigenvalue weighted by Crippen LogP contribution is -2.08. The van der Waals surface area contributed by atoms with Gasteiger partial charge in [-0.05, 0) is 42.0 Å². The van der Waals surface area contributed by atoms with E-state index in [2.05, 4.69) is 10.3 Å². The Balaban J connectivity index is 2.20. The second kappa shape index (κ2) is 9.17. The highest BCUT2D eigenvalue weighted by molar-refractivity contribution is 5.90. The van der Waals surface area contributed by atoms with Crippen molar-refractivity contribution in [1.29, 1.82) is 0 Å². The Morgan fingerprint density at radius 2 is 1.33 bits per heavy atom. The molecule has 7 nitrogen and oxygen atoms in total. The fourth-order valence-electron chi connectivity index (χ4n) is 3.12. The van der Waals surface area contributed by atoms with Crippen molar-refractivity contribution in [3.05, 3.63) is 48.5 Å². The molecule has 0 unspecified atom stereocenters. The van der Waals surface area contributed by atoms with Crippen molar-refractivity contribution >= 4 is 11.7 Å². The van der Waals surface area contributed by atoms with Gasteiger partial charge in [0, 0.05) is 30.2 Å². The minimum atomic E-state index is -0.214. The minimum Gasteiger partial charge on any atom is -0.497 e. The van der Waals surface area contributed by atoms with Gasteiger partial charge >= 0.3 is 0 Å². The first-order chi connectivity index (χ1) is 14.5. The summed E-state index contributed by atoms with van der Waals surface area (Å²) >= 11 is 0. The van der Waals surface area contributed by atoms with E-state index in [-0.39, 0.29) is 5.91 Å². The molecule has 0 aliphatic heterocycles. The van der Waals surface area contributed by atoms with Gasteiger partial charge in [-0.25, -0.2) is 4.98 Å². The second-order valence-corrected chi connectivity index (χ2v) is 6.44. The molecule has 0 spiro atoms. The molecule has 156 valence electrons. The Morgan fingerprint density at radius 1 is 0.767 bits per heavy atom. The van der Waals surface area contributed by atoms with Crippen molar-refractivity contribution in [3.63, 3.8) is 0 Å². The lowest BCUT2D eigenvalue weighted by Gasteiger charge is -2.15. The highest BCUT2D eigenvalue weighted by atomic mass is 16.5. The number of anilines is 1. The number of methoxy groups -OCH3 is 4. The SMILES string of the molecule is COc1ccc(-c2cc(NC(C)=O)nc(-c3ccc(OC)cc3OC)c2)c(OC)c1. The van der Waals surface area contributed by atoms with E-state index >= 15 is 0 Å². The molecule has 1 heterocycles. The largest absolute Gasteiger partial charge is 0.497 e. The lowest BCUT2D eigenvalue weighted by atomic mass is 10.0. The van der Waals surface area contributed by atoms with Gasteiger partial charge in [0.05, 0.1) is 34.1 Å². The fraction of sp³-hybridized carbons (Fsp3) is 0.217. The van der Waals surface area contributed by atoms with E-state index in [1.165, 1.54) is 6.92 Å². The van der Waals surface area contributed by atoms with Gasteiger partial charge in [-0.1, -0.05) is 0 Å². The van der Waals surface area contributed by atoms with Crippen molar-refractivity contribution in [1.82, 2.24) is 4.98 Å². The summed E-state index contributed by atoms with van der Waals surface area (Å²) in [6.45, 7) is 1.44. The number of amides is 1. The Hall–Kier alpha value is -3.74. The molecule has 1 N–H and O–H groups in total. The topological polar surface area (TPSA) is 78.9 Å². The van der Waals surface area contributed by atoms with Crippen LogP contribution in [0.5, 0.6) is 23.0 Å². The zero-order valence-corrected chi connectivity index (χ0v) is 17.6. The van der Waals surface area contributed by atoms with Crippen LogP contribution < -0.4 is 24.3 Å². The Morgan fingerprint density at radius 3 is 1.87 bits per heavy atom. The Labute approximate surface area is 175 Å². The molecule has 3 rings (SSSR count). The van der Waals surface area contributed by atoms with E-state index < -0.39 is 0 Å². The van der Waals surface area contributed by atoms with Gasteiger partial charge in [0.25, 0.3) is 0 Å². The number of carbonyl (C=O) groups is 1. The van der Waals surface area contributed by atoms with Gasteiger partial charge in [0.2, 0.25) is 5.91 Å². The molecule has 30 heavy (non-hydrogen) atoms. The number of hydrogen-bond acceptors (Lipinski definition) is 6. The van der Waals surface area contributed by atoms with Crippen LogP contribution in [0, 0.1) is 0 Å². The van der Waals surface area contributed by atoms with Crippen LogP contribution in [0.25, 0.3) is 22.4 Å². The maximum absolute atomic E-state index is 11.7. The first kappa shape index (κ1) is 21.0. The van der Waals surface area contributed by atoms with E-state index in [1.807, 2.05) is 36.4 Å². The summed E-state index contributed by atoms with van der Waals surface area (Å²) in [6, 6.07) is 14.8. The molecule has 0 saturated carbocycles. The van der Waals surface area contributed by atoms with Crippen molar-refractivity contribution < 1.29 is 23.7 Å². The first-order valence-corrected chi connectivity index (χ1v) is 9.23. The zero-order chi connectivity index (χ0) is 21.7. The molecule has 3 aromatic rings. The molecule has 0 saturated heterocycles. The summed E-state index contributed by atoms with van der Waals surface area (Å²) in [5.74, 6) is 2.81. The van der Waals surface area contributed by atoms with Crippen LogP contribution in [0.4, 0.5) is 5.82 Å². The summed E-state index contributed by atoms with van der Waals surface area (Å²) < 4.78 is 21.7. The minimum absolute atomic E-state index is 0.214. The Kier molecular flexibility index (Phi) is 6.41. The predicted molar refractivity (Wildman–Crippen MR) is 116 cm³/mol. The number of ether oxygens (including phenoxy) is 4. The van der Waals surface area contributed by atoms with E-state index in [0.717, 1.165) is 16.7 Å². The molecular weight excluding hydrogens is 384 g/mol. The maximum atomic E-state index is 11.7. The quantitative estimate of drug-likeness (QED) is 0.624. The molecule has 0 atom stereocenters. The van der Waals surface area contributed by atoms with Crippen LogP contribution in [0.15, 0.2) is 48.5 Å². The Bertz CT molecular complexity index is 992. The number of rotatable bonds is 7. The lowest BCUT2D eigenvalue weighted by molar-refractivity contribution is -0.114. The molecule has 0 radical (unpaired) electrons. The average Bonchev–Trinajstić information content (AvgIpc) is 2.77. The number of benzene rings is 2. The van der Waals surface area contributed by atoms with Gasteiger partial charge in [-0.3, -0.25) is 4.79 Å². The van der Waals surface area contributed by atoms with E-state index in [0.29, 0.717) is 34.5 Å². The third-order valence-corrected chi connectivity index (χ3v) is 4.53. The van der Waals surface area contributed by atoms with Gasteiger partial charge in [-0.15, -0.1) is 0 Å². The highest BCUT2D eigenvalue weighted by Gasteiger charge is 2.15. The third kappa shape index (κ3) is 4.46. The molecule has 0 aliphatic carbocycles. The molecule has 2 aromatic carbocycles. The normalized spacial score (nSPS) is 10.3. The predicted octanol–water partition coefficient (Wildman–Crippen LogP) is 4.41. The monoisotopic (exact) mass is 408 g/mol. The zero-order valence-electron chi connectivity index (χ0n) is 17.6. The standard InChI is InChI=1S/C23H24N2O5/c1-14(26)24-23-11-15(18-8-6-16(27-2)12-21(18)29-4)10-20(25-23)19-9-7-17(28-3)13-22(19)30-5/h6-13H,1-5H3,(H,24,25,26). The van der Waals surface area contributed by atoms with Crippen LogP contribution in [-0.2, 0) is 4.79 Å². The number of aromatic nitrogens is 1. The average molecular weight is 408 g/mol. The molecule has 1 aromatic heterocycles. The number of hydrogen-bond donors (Lipinski definition) is 1. The summed E-state index contributed by atoms with van der Waals surface area (Å²) in [5.41, 5.74) is 3.05. The summed E-state index contributed by atoms with van der Waals surface area (Å²) in [7, 11) is 6.38. The smallest absolute Gasteiger partial charge is 0.222 e. The second-order valence-electron chi connectivity index (χ2n) is 6.44. The molecule has 0 fully saturated rings. The van der Waals surface area contributed by atoms with Gasteiger partial charge in [-0.2, -0.15) is 0 Å². The van der Waals surface area contributed by atoms with E-state index in [4.69, 9.17) is 18.9 Å². The number of nitrogens with zero attached hydrogens (tertiary/aromatic N) is 1. The van der Waals surface area contributed by atoms with Gasteiger partial charge in [0.1, 0.15) is 28.8 Å². The third-order valence-electron chi connectivity index (χ3n) is 4.53. The molecule has 0 bridgehead atoms. The van der Waals surface area contributed by atoms with Crippen LogP contribution >= 0.6 is 0 Å². The van der Waals surface area contributed by atoms with Crippen LogP contribution in [-0.4, -0.2) is 39.3 Å². The van der Waals surface area contributed by atoms with Gasteiger partial charge in [0.15, 0.2) is 0 Å². The summed E-state index contributed by atoms with van der Waals surface area (Å²) in [4.78, 5) is 16.3. The van der Waals surface area contributed by atoms with Crippen molar-refractivity contribution in [2.24, 2.45) is 0 Å². The van der Waals surface area contributed by atoms with Crippen molar-refractivity contribution in [2.75, 3.05) is 33.8 Å². The van der Waals surface area contributed by atoms with Crippen LogP contribution in [0.2, 0.25) is 0 Å². The molecular formula is C23H24N2O5. The molecule has 1 amide bonds. The highest BCUT2D eigenvalue weighted by Crippen LogP contribution is 2.38. The number of carbonyl (C=O) groups excluding carboxylic acids is 1. The van der Waals surface area contributed by atoms with E-state index in [9.17, 15) is 4.79 Å². The fourth-order valence-corrected chi connectivity index (χ4v) is 3.12. The molecule has 7 heteroatoms. The van der Waals surface area contributed by atoms with E-state index in [1.54, 1.807) is 40.6 Å². The van der Waals surface area contributed by atoms with Crippen molar-refractivity contribution in [2.45, 2.75) is 6.92 Å². The number of pyridine rings is 1. The first-order valence-electron chi connectivity index (χ1n) is 9.23. The summed E-state index contributed by atoms with van der Waals surface area (Å²) in [5, 5.41) is 2.76. The number of nitrogens with one attached hydrogen (secondary N) is 1. The van der Waals surface area contributed by atoms with Crippen LogP contribution in [0.1, 0.15) is 6.92 Å². The van der Waals surface area contributed by atoms with Crippen molar-refractivity contribution in [3.8, 4) is 45.4 Å². The van der Waals surface area contributed by atoms with Crippen LogP contribution in [0.3, 0.4) is 0 Å². The molecule has 0 aliphatic rings. The maximum Gasteiger partial charge on any atom is 0.222 e. The summed E-state index contributed by atoms with van der Waals surface area (Å²) in [6.07, 6.45) is 0. The van der Waals surface area contributed by atoms with Gasteiger partial charge < -0.3 is 24.3 Å².